The van der Waals surface area contributed by atoms with E-state index in [2.05, 4.69) is 26.8 Å². The van der Waals surface area contributed by atoms with Crippen LogP contribution in [-0.2, 0) is 30.6 Å². The van der Waals surface area contributed by atoms with Crippen LogP contribution in [-0.4, -0.2) is 127 Å². The highest BCUT2D eigenvalue weighted by Gasteiger charge is 2.21. The smallest absolute Gasteiger partial charge is 0.316 e. The lowest BCUT2D eigenvalue weighted by molar-refractivity contribution is -0.132. The van der Waals surface area contributed by atoms with Gasteiger partial charge in [0.2, 0.25) is 5.91 Å². The van der Waals surface area contributed by atoms with Gasteiger partial charge in [-0.05, 0) is 114 Å². The first-order valence-corrected chi connectivity index (χ1v) is 25.4. The van der Waals surface area contributed by atoms with Crippen molar-refractivity contribution in [3.8, 4) is 33.8 Å². The maximum Gasteiger partial charge on any atom is 0.316 e. The number of nitrogens with two attached hydrogens (primary N) is 1. The molecule has 6 aromatic rings. The van der Waals surface area contributed by atoms with Gasteiger partial charge in [0.25, 0.3) is 0 Å². The van der Waals surface area contributed by atoms with Gasteiger partial charge < -0.3 is 34.8 Å². The fourth-order valence-electron chi connectivity index (χ4n) is 7.90. The van der Waals surface area contributed by atoms with Crippen LogP contribution in [0, 0.1) is 11.6 Å². The molecule has 2 aliphatic heterocycles. The molecule has 2 saturated heterocycles. The summed E-state index contributed by atoms with van der Waals surface area (Å²) in [6.45, 7) is 7.17. The molecule has 2 amide bonds. The third-order valence-electron chi connectivity index (χ3n) is 12.0. The Balaban J connectivity index is 0.000000258. The number of halogens is 8. The Morgan fingerprint density at radius 3 is 1.42 bits per heavy atom. The zero-order valence-electron chi connectivity index (χ0n) is 41.2. The van der Waals surface area contributed by atoms with Crippen molar-refractivity contribution in [3.63, 3.8) is 0 Å². The summed E-state index contributed by atoms with van der Waals surface area (Å²) >= 11 is 27.0. The van der Waals surface area contributed by atoms with Gasteiger partial charge in [-0.2, -0.15) is 0 Å². The van der Waals surface area contributed by atoms with E-state index in [0.29, 0.717) is 87.2 Å². The first-order valence-electron chi connectivity index (χ1n) is 23.2. The Morgan fingerprint density at radius 2 is 1.05 bits per heavy atom. The van der Waals surface area contributed by atoms with E-state index in [1.807, 2.05) is 48.3 Å². The molecule has 0 saturated carbocycles. The number of piperazine rings is 2. The fourth-order valence-corrected chi connectivity index (χ4v) is 8.45. The minimum absolute atomic E-state index is 0. The predicted octanol–water partition coefficient (Wildman–Crippen LogP) is 11.9. The van der Waals surface area contributed by atoms with E-state index in [4.69, 9.17) is 73.2 Å². The van der Waals surface area contributed by atoms with Gasteiger partial charge in [0.15, 0.2) is 0 Å². The second-order valence-corrected chi connectivity index (χ2v) is 19.0. The molecule has 8 rings (SSSR count). The molecule has 0 radical (unpaired) electrons. The van der Waals surface area contributed by atoms with Gasteiger partial charge >= 0.3 is 5.37 Å². The zero-order valence-corrected chi connectivity index (χ0v) is 45.8. The van der Waals surface area contributed by atoms with Crippen molar-refractivity contribution in [2.24, 2.45) is 5.73 Å². The first kappa shape index (κ1) is 60.8. The number of hydrogen-bond donors (Lipinski definition) is 1. The number of carbonyl (C=O) groups is 2. The Bertz CT molecular complexity index is 2680. The summed E-state index contributed by atoms with van der Waals surface area (Å²) in [7, 11) is 7.16. The highest BCUT2D eigenvalue weighted by atomic mass is 35.5. The largest absolute Gasteiger partial charge is 0.496 e. The Kier molecular flexibility index (Phi) is 25.9. The molecule has 4 heterocycles. The summed E-state index contributed by atoms with van der Waals surface area (Å²) in [4.78, 5) is 39.8. The molecule has 0 unspecified atom stereocenters. The highest BCUT2D eigenvalue weighted by molar-refractivity contribution is 6.62. The molecule has 0 aliphatic carbocycles. The van der Waals surface area contributed by atoms with Gasteiger partial charge in [-0.15, -0.1) is 35.6 Å². The number of aromatic nitrogens is 2. The van der Waals surface area contributed by atoms with Gasteiger partial charge in [-0.1, -0.05) is 71.7 Å². The number of hydrogen-bond acceptors (Lipinski definition) is 9. The van der Waals surface area contributed by atoms with E-state index in [9.17, 15) is 9.59 Å². The van der Waals surface area contributed by atoms with E-state index >= 15 is 8.78 Å². The number of carbonyl (C=O) groups excluding carboxylic acids is 2. The molecule has 0 atom stereocenters. The number of methoxy groups -OCH3 is 2. The third-order valence-corrected chi connectivity index (χ3v) is 12.7. The van der Waals surface area contributed by atoms with E-state index in [1.165, 1.54) is 14.2 Å². The second kappa shape index (κ2) is 31.2. The standard InChI is InChI=1S/C27H29ClFN3O2.C20H18ClFN2O.C6H11ClN2O.CH2Cl2.ClH/c1-31-12-14-32(15-13-31)25(33)11-9-23-8-6-19(18-30-23)16-21-7-10-24(34-2)26(27(21)29)20-4-3-5-22(28)17-20;1-25-18-8-6-15(9-13-5-7-17(11-23)24-12-13)20(22)19(18)14-3-2-4-16(21)10-14;1-8-2-4-9(5-3-8)6(7)10;2-1-3;/h3-8,10,17-18H,9,11-16H2,1-2H3;2-8,10,12H,9,11,23H2,1H3;2-5H2,1H3;1H2;1H. The van der Waals surface area contributed by atoms with Crippen LogP contribution in [0.4, 0.5) is 13.6 Å². The minimum atomic E-state index is -0.330. The normalized spacial score (nSPS) is 13.5. The van der Waals surface area contributed by atoms with Gasteiger partial charge in [-0.3, -0.25) is 19.6 Å². The number of alkyl halides is 2. The summed E-state index contributed by atoms with van der Waals surface area (Å²) < 4.78 is 41.5. The van der Waals surface area contributed by atoms with E-state index in [0.717, 1.165) is 74.9 Å². The van der Waals surface area contributed by atoms with Crippen LogP contribution in [0.2, 0.25) is 10.0 Å². The Labute approximate surface area is 458 Å². The van der Waals surface area contributed by atoms with Gasteiger partial charge in [-0.25, -0.2) is 8.78 Å². The highest BCUT2D eigenvalue weighted by Crippen LogP contribution is 2.37. The average Bonchev–Trinajstić information content (AvgIpc) is 3.38. The molecule has 4 aromatic carbocycles. The number of pyridine rings is 2. The van der Waals surface area contributed by atoms with Crippen molar-refractivity contribution in [2.45, 2.75) is 32.2 Å². The van der Waals surface area contributed by atoms with Crippen LogP contribution < -0.4 is 15.2 Å². The van der Waals surface area contributed by atoms with Crippen LogP contribution in [0.25, 0.3) is 22.3 Å². The number of ether oxygens (including phenoxy) is 2. The van der Waals surface area contributed by atoms with E-state index in [-0.39, 0.29) is 40.7 Å². The summed E-state index contributed by atoms with van der Waals surface area (Å²) in [5.74, 6) is 0.461. The number of aryl methyl sites for hydroxylation is 1. The molecule has 19 heteroatoms. The summed E-state index contributed by atoms with van der Waals surface area (Å²) in [5, 5.41) is 0.953. The van der Waals surface area contributed by atoms with Crippen molar-refractivity contribution in [3.05, 3.63) is 165 Å². The molecule has 2 fully saturated rings. The lowest BCUT2D eigenvalue weighted by atomic mass is 9.97. The van der Waals surface area contributed by atoms with Crippen LogP contribution in [0.1, 0.15) is 40.1 Å². The molecule has 73 heavy (non-hydrogen) atoms. The molecule has 0 bridgehead atoms. The number of rotatable bonds is 12. The SMILES string of the molecule is CN1CCN(C(=O)Cl)CC1.COc1ccc(Cc2ccc(CCC(=O)N3CCN(C)CC3)nc2)c(F)c1-c1cccc(Cl)c1.COc1ccc(Cc2ccc(CN)nc2)c(F)c1-c1cccc(Cl)c1.Cl.ClCCl. The molecule has 0 spiro atoms. The van der Waals surface area contributed by atoms with Crippen molar-refractivity contribution < 1.29 is 27.8 Å². The molecular formula is C54H61Cl6F2N7O4. The molecule has 11 nitrogen and oxygen atoms in total. The number of benzene rings is 4. The van der Waals surface area contributed by atoms with Crippen LogP contribution in [0.5, 0.6) is 11.5 Å². The number of likely N-dealkylation sites (N-methyl/N-ethyl adjacent to an activating group) is 2. The monoisotopic (exact) mass is 1120 g/mol. The third kappa shape index (κ3) is 18.5. The van der Waals surface area contributed by atoms with Crippen molar-refractivity contribution in [2.75, 3.05) is 86.0 Å². The van der Waals surface area contributed by atoms with Gasteiger partial charge in [0, 0.05) is 106 Å². The Morgan fingerprint density at radius 1 is 0.630 bits per heavy atom. The molecule has 2 aliphatic rings. The first-order chi connectivity index (χ1) is 34.7. The second-order valence-electron chi connectivity index (χ2n) is 17.0. The van der Waals surface area contributed by atoms with Crippen LogP contribution >= 0.6 is 70.4 Å². The predicted molar refractivity (Wildman–Crippen MR) is 295 cm³/mol. The quantitative estimate of drug-likeness (QED) is 0.0726. The van der Waals surface area contributed by atoms with Crippen LogP contribution in [0.15, 0.2) is 109 Å². The fraction of sp³-hybridized carbons (Fsp3) is 0.333. The average molecular weight is 1120 g/mol. The maximum absolute atomic E-state index is 15.5. The Hall–Kier alpha value is -4.80. The van der Waals surface area contributed by atoms with Crippen molar-refractivity contribution in [1.82, 2.24) is 29.6 Å². The van der Waals surface area contributed by atoms with Gasteiger partial charge in [0.1, 0.15) is 23.1 Å². The van der Waals surface area contributed by atoms with Crippen molar-refractivity contribution >= 4 is 81.7 Å². The molecular weight excluding hydrogens is 1060 g/mol. The minimum Gasteiger partial charge on any atom is -0.496 e. The molecule has 2 N–H and O–H groups in total. The summed E-state index contributed by atoms with van der Waals surface area (Å²) in [5.41, 5.74) is 12.3. The lowest BCUT2D eigenvalue weighted by Crippen LogP contribution is -2.47. The lowest BCUT2D eigenvalue weighted by Gasteiger charge is -2.32. The molecule has 392 valence electrons. The van der Waals surface area contributed by atoms with Crippen molar-refractivity contribution in [1.29, 1.82) is 0 Å². The summed E-state index contributed by atoms with van der Waals surface area (Å²) in [6, 6.07) is 28.8. The van der Waals surface area contributed by atoms with E-state index < -0.39 is 0 Å². The summed E-state index contributed by atoms with van der Waals surface area (Å²) in [6.07, 6.45) is 5.37. The molecule has 2 aromatic heterocycles. The zero-order chi connectivity index (χ0) is 52.2. The maximum atomic E-state index is 15.5. The van der Waals surface area contributed by atoms with E-state index in [1.54, 1.807) is 78.0 Å². The number of nitrogens with zero attached hydrogens (tertiary/aromatic N) is 6. The topological polar surface area (TPSA) is 117 Å². The van der Waals surface area contributed by atoms with Crippen LogP contribution in [0.3, 0.4) is 0 Å². The number of amides is 2. The van der Waals surface area contributed by atoms with Gasteiger partial charge in [0.05, 0.1) is 36.4 Å².